The SMILES string of the molecule is COc1ccc(NC(C)=O)cc1N[C@H](C(=O)N1CCCCC1)c1ccccc1. The van der Waals surface area contributed by atoms with Gasteiger partial charge in [-0.3, -0.25) is 9.59 Å². The third-order valence-electron chi connectivity index (χ3n) is 4.87. The van der Waals surface area contributed by atoms with Crippen LogP contribution in [0.2, 0.25) is 0 Å². The van der Waals surface area contributed by atoms with E-state index in [9.17, 15) is 9.59 Å². The van der Waals surface area contributed by atoms with Crippen molar-refractivity contribution in [3.63, 3.8) is 0 Å². The van der Waals surface area contributed by atoms with Gasteiger partial charge in [-0.25, -0.2) is 0 Å². The second-order valence-electron chi connectivity index (χ2n) is 6.97. The maximum atomic E-state index is 13.3. The fourth-order valence-electron chi connectivity index (χ4n) is 3.49. The van der Waals surface area contributed by atoms with Crippen molar-refractivity contribution in [1.82, 2.24) is 4.90 Å². The molecule has 0 radical (unpaired) electrons. The summed E-state index contributed by atoms with van der Waals surface area (Å²) in [4.78, 5) is 26.7. The van der Waals surface area contributed by atoms with Gasteiger partial charge in [0.25, 0.3) is 0 Å². The lowest BCUT2D eigenvalue weighted by Crippen LogP contribution is -2.41. The maximum absolute atomic E-state index is 13.3. The lowest BCUT2D eigenvalue weighted by atomic mass is 10.0. The maximum Gasteiger partial charge on any atom is 0.249 e. The van der Waals surface area contributed by atoms with Crippen LogP contribution in [-0.2, 0) is 9.59 Å². The van der Waals surface area contributed by atoms with Crippen LogP contribution in [0.1, 0.15) is 37.8 Å². The van der Waals surface area contributed by atoms with E-state index >= 15 is 0 Å². The molecular formula is C22H27N3O3. The van der Waals surface area contributed by atoms with E-state index in [2.05, 4.69) is 10.6 Å². The number of amides is 2. The van der Waals surface area contributed by atoms with E-state index in [0.29, 0.717) is 17.1 Å². The smallest absolute Gasteiger partial charge is 0.249 e. The summed E-state index contributed by atoms with van der Waals surface area (Å²) in [6.07, 6.45) is 3.24. The molecule has 0 saturated carbocycles. The van der Waals surface area contributed by atoms with E-state index in [1.165, 1.54) is 13.3 Å². The molecule has 1 fully saturated rings. The first-order chi connectivity index (χ1) is 13.6. The molecule has 148 valence electrons. The number of carbonyl (C=O) groups is 2. The molecule has 6 heteroatoms. The van der Waals surface area contributed by atoms with Gasteiger partial charge in [-0.05, 0) is 43.0 Å². The minimum absolute atomic E-state index is 0.0536. The Morgan fingerprint density at radius 1 is 1.04 bits per heavy atom. The molecule has 0 aliphatic carbocycles. The van der Waals surface area contributed by atoms with Crippen LogP contribution in [0.15, 0.2) is 48.5 Å². The summed E-state index contributed by atoms with van der Waals surface area (Å²) < 4.78 is 5.47. The summed E-state index contributed by atoms with van der Waals surface area (Å²) in [5.41, 5.74) is 2.20. The van der Waals surface area contributed by atoms with Gasteiger partial charge in [0.15, 0.2) is 0 Å². The van der Waals surface area contributed by atoms with Gasteiger partial charge in [-0.1, -0.05) is 30.3 Å². The fraction of sp³-hybridized carbons (Fsp3) is 0.364. The minimum Gasteiger partial charge on any atom is -0.495 e. The number of piperidine rings is 1. The molecule has 1 aliphatic heterocycles. The van der Waals surface area contributed by atoms with Gasteiger partial charge in [0.05, 0.1) is 12.8 Å². The normalized spacial score (nSPS) is 14.9. The van der Waals surface area contributed by atoms with Gasteiger partial charge >= 0.3 is 0 Å². The van der Waals surface area contributed by atoms with Gasteiger partial charge in [0.1, 0.15) is 11.8 Å². The predicted octanol–water partition coefficient (Wildman–Crippen LogP) is 3.82. The highest BCUT2D eigenvalue weighted by molar-refractivity contribution is 5.90. The van der Waals surface area contributed by atoms with Crippen molar-refractivity contribution in [2.24, 2.45) is 0 Å². The van der Waals surface area contributed by atoms with E-state index in [-0.39, 0.29) is 11.8 Å². The molecule has 3 rings (SSSR count). The van der Waals surface area contributed by atoms with Crippen molar-refractivity contribution in [2.45, 2.75) is 32.2 Å². The van der Waals surface area contributed by atoms with E-state index in [4.69, 9.17) is 4.74 Å². The van der Waals surface area contributed by atoms with Crippen LogP contribution in [0.4, 0.5) is 11.4 Å². The standard InChI is InChI=1S/C22H27N3O3/c1-16(26)23-18-11-12-20(28-2)19(15-18)24-21(17-9-5-3-6-10-17)22(27)25-13-7-4-8-14-25/h3,5-6,9-12,15,21,24H,4,7-8,13-14H2,1-2H3,(H,23,26)/t21-/m0/s1. The fourth-order valence-corrected chi connectivity index (χ4v) is 3.49. The first kappa shape index (κ1) is 19.7. The van der Waals surface area contributed by atoms with Crippen molar-refractivity contribution in [3.05, 3.63) is 54.1 Å². The van der Waals surface area contributed by atoms with E-state index < -0.39 is 6.04 Å². The number of methoxy groups -OCH3 is 1. The Hall–Kier alpha value is -3.02. The van der Waals surface area contributed by atoms with Crippen LogP contribution in [0.25, 0.3) is 0 Å². The highest BCUT2D eigenvalue weighted by Gasteiger charge is 2.27. The Bertz CT molecular complexity index is 817. The Morgan fingerprint density at radius 2 is 1.75 bits per heavy atom. The molecule has 2 amide bonds. The van der Waals surface area contributed by atoms with E-state index in [0.717, 1.165) is 31.5 Å². The second-order valence-corrected chi connectivity index (χ2v) is 6.97. The molecule has 2 aromatic carbocycles. The number of ether oxygens (including phenoxy) is 1. The van der Waals surface area contributed by atoms with Gasteiger partial charge in [0.2, 0.25) is 11.8 Å². The monoisotopic (exact) mass is 381 g/mol. The Morgan fingerprint density at radius 3 is 2.39 bits per heavy atom. The highest BCUT2D eigenvalue weighted by atomic mass is 16.5. The molecule has 2 N–H and O–H groups in total. The number of rotatable bonds is 6. The van der Waals surface area contributed by atoms with Crippen LogP contribution in [0.3, 0.4) is 0 Å². The number of hydrogen-bond donors (Lipinski definition) is 2. The van der Waals surface area contributed by atoms with Crippen molar-refractivity contribution >= 4 is 23.2 Å². The zero-order valence-corrected chi connectivity index (χ0v) is 16.4. The number of benzene rings is 2. The lowest BCUT2D eigenvalue weighted by molar-refractivity contribution is -0.133. The molecule has 1 saturated heterocycles. The predicted molar refractivity (Wildman–Crippen MR) is 111 cm³/mol. The molecule has 0 bridgehead atoms. The van der Waals surface area contributed by atoms with E-state index in [1.807, 2.05) is 35.2 Å². The second kappa shape index (κ2) is 9.26. The number of hydrogen-bond acceptors (Lipinski definition) is 4. The number of likely N-dealkylation sites (tertiary alicyclic amines) is 1. The molecule has 1 atom stereocenters. The minimum atomic E-state index is -0.527. The zero-order chi connectivity index (χ0) is 19.9. The van der Waals surface area contributed by atoms with Crippen molar-refractivity contribution in [3.8, 4) is 5.75 Å². The Balaban J connectivity index is 1.92. The van der Waals surface area contributed by atoms with Gasteiger partial charge in [-0.15, -0.1) is 0 Å². The summed E-state index contributed by atoms with van der Waals surface area (Å²) in [6, 6.07) is 14.5. The van der Waals surface area contributed by atoms with Crippen LogP contribution < -0.4 is 15.4 Å². The lowest BCUT2D eigenvalue weighted by Gasteiger charge is -2.31. The van der Waals surface area contributed by atoms with Crippen molar-refractivity contribution in [1.29, 1.82) is 0 Å². The average molecular weight is 381 g/mol. The quantitative estimate of drug-likeness (QED) is 0.798. The number of nitrogens with zero attached hydrogens (tertiary/aromatic N) is 1. The molecule has 6 nitrogen and oxygen atoms in total. The molecule has 2 aromatic rings. The third kappa shape index (κ3) is 4.82. The Kier molecular flexibility index (Phi) is 6.53. The van der Waals surface area contributed by atoms with Gasteiger partial charge in [0, 0.05) is 25.7 Å². The van der Waals surface area contributed by atoms with Crippen LogP contribution in [0, 0.1) is 0 Å². The third-order valence-corrected chi connectivity index (χ3v) is 4.87. The number of anilines is 2. The average Bonchev–Trinajstić information content (AvgIpc) is 2.72. The topological polar surface area (TPSA) is 70.7 Å². The molecule has 1 heterocycles. The summed E-state index contributed by atoms with van der Waals surface area (Å²) in [5.74, 6) is 0.513. The first-order valence-corrected chi connectivity index (χ1v) is 9.64. The summed E-state index contributed by atoms with van der Waals surface area (Å²) in [5, 5.41) is 6.13. The first-order valence-electron chi connectivity index (χ1n) is 9.64. The van der Waals surface area contributed by atoms with Crippen LogP contribution in [-0.4, -0.2) is 36.9 Å². The van der Waals surface area contributed by atoms with E-state index in [1.54, 1.807) is 25.3 Å². The molecule has 28 heavy (non-hydrogen) atoms. The van der Waals surface area contributed by atoms with Crippen molar-refractivity contribution in [2.75, 3.05) is 30.8 Å². The highest BCUT2D eigenvalue weighted by Crippen LogP contribution is 2.32. The zero-order valence-electron chi connectivity index (χ0n) is 16.4. The molecule has 0 aromatic heterocycles. The Labute approximate surface area is 165 Å². The number of carbonyl (C=O) groups excluding carboxylic acids is 2. The van der Waals surface area contributed by atoms with Crippen molar-refractivity contribution < 1.29 is 14.3 Å². The summed E-state index contributed by atoms with van der Waals surface area (Å²) in [6.45, 7) is 3.03. The molecule has 1 aliphatic rings. The molecule has 0 unspecified atom stereocenters. The van der Waals surface area contributed by atoms with Gasteiger partial charge < -0.3 is 20.3 Å². The molecular weight excluding hydrogens is 354 g/mol. The van der Waals surface area contributed by atoms with Gasteiger partial charge in [-0.2, -0.15) is 0 Å². The number of nitrogens with one attached hydrogen (secondary N) is 2. The van der Waals surface area contributed by atoms with Crippen LogP contribution >= 0.6 is 0 Å². The van der Waals surface area contributed by atoms with Crippen LogP contribution in [0.5, 0.6) is 5.75 Å². The summed E-state index contributed by atoms with van der Waals surface area (Å²) in [7, 11) is 1.59. The largest absolute Gasteiger partial charge is 0.495 e. The molecule has 0 spiro atoms. The summed E-state index contributed by atoms with van der Waals surface area (Å²) >= 11 is 0.